The molecule has 0 fully saturated rings. The first-order chi connectivity index (χ1) is 9.85. The predicted molar refractivity (Wildman–Crippen MR) is 76.2 cm³/mol. The normalized spacial score (nSPS) is 11.6. The number of H-pyrrole nitrogens is 1. The summed E-state index contributed by atoms with van der Waals surface area (Å²) in [6.07, 6.45) is 1.34. The lowest BCUT2D eigenvalue weighted by atomic mass is 10.3. The van der Waals surface area contributed by atoms with Crippen molar-refractivity contribution in [3.63, 3.8) is 0 Å². The zero-order chi connectivity index (χ0) is 15.6. The number of aromatic amines is 1. The highest BCUT2D eigenvalue weighted by atomic mass is 79.9. The Kier molecular flexibility index (Phi) is 4.59. The number of rotatable bonds is 5. The second-order valence-corrected chi connectivity index (χ2v) is 6.58. The quantitative estimate of drug-likeness (QED) is 0.692. The summed E-state index contributed by atoms with van der Waals surface area (Å²) < 4.78 is 53.4. The summed E-state index contributed by atoms with van der Waals surface area (Å²) in [7, 11) is -2.47. The van der Waals surface area contributed by atoms with E-state index in [2.05, 4.69) is 31.4 Å². The van der Waals surface area contributed by atoms with Gasteiger partial charge in [-0.2, -0.15) is 13.5 Å². The van der Waals surface area contributed by atoms with Gasteiger partial charge in [0.15, 0.2) is 5.03 Å². The molecule has 1 aromatic heterocycles. The van der Waals surface area contributed by atoms with Gasteiger partial charge in [0.2, 0.25) is 0 Å². The molecule has 0 spiro atoms. The maximum atomic E-state index is 13.7. The minimum atomic E-state index is -4.10. The molecule has 2 aromatic rings. The van der Waals surface area contributed by atoms with Crippen molar-refractivity contribution >= 4 is 31.6 Å². The third-order valence-electron chi connectivity index (χ3n) is 2.57. The predicted octanol–water partition coefficient (Wildman–Crippen LogP) is 1.97. The molecule has 114 valence electrons. The van der Waals surface area contributed by atoms with Gasteiger partial charge in [-0.15, -0.1) is 0 Å². The van der Waals surface area contributed by atoms with Gasteiger partial charge < -0.3 is 5.32 Å². The molecule has 0 saturated heterocycles. The number of benzene rings is 1. The second-order valence-electron chi connectivity index (χ2n) is 4.11. The lowest BCUT2D eigenvalue weighted by Gasteiger charge is -2.09. The maximum absolute atomic E-state index is 13.7. The molecule has 2 rings (SSSR count). The Morgan fingerprint density at radius 3 is 2.71 bits per heavy atom. The van der Waals surface area contributed by atoms with Crippen molar-refractivity contribution in [1.29, 1.82) is 0 Å². The van der Waals surface area contributed by atoms with E-state index in [1.54, 1.807) is 7.05 Å². The average Bonchev–Trinajstić information content (AvgIpc) is 2.85. The molecule has 0 aliphatic heterocycles. The van der Waals surface area contributed by atoms with Crippen LogP contribution in [-0.4, -0.2) is 25.7 Å². The van der Waals surface area contributed by atoms with E-state index in [0.29, 0.717) is 5.56 Å². The smallest absolute Gasteiger partial charge is 0.279 e. The number of aromatic nitrogens is 2. The third-order valence-corrected chi connectivity index (χ3v) is 4.56. The number of nitrogens with one attached hydrogen (secondary N) is 3. The Morgan fingerprint density at radius 1 is 1.33 bits per heavy atom. The van der Waals surface area contributed by atoms with Crippen molar-refractivity contribution < 1.29 is 17.2 Å². The monoisotopic (exact) mass is 380 g/mol. The number of hydrogen-bond acceptors (Lipinski definition) is 4. The van der Waals surface area contributed by atoms with Crippen LogP contribution in [0.5, 0.6) is 0 Å². The van der Waals surface area contributed by atoms with E-state index >= 15 is 0 Å². The fraction of sp³-hybridized carbons (Fsp3) is 0.182. The zero-order valence-electron chi connectivity index (χ0n) is 10.7. The molecule has 0 bridgehead atoms. The van der Waals surface area contributed by atoms with Gasteiger partial charge in [-0.3, -0.25) is 9.82 Å². The molecule has 1 aromatic carbocycles. The molecule has 0 radical (unpaired) electrons. The Labute approximate surface area is 128 Å². The molecule has 0 atom stereocenters. The lowest BCUT2D eigenvalue weighted by Crippen LogP contribution is -2.18. The van der Waals surface area contributed by atoms with Crippen molar-refractivity contribution in [3.8, 4) is 0 Å². The first kappa shape index (κ1) is 15.9. The fourth-order valence-corrected chi connectivity index (χ4v) is 3.15. The van der Waals surface area contributed by atoms with E-state index in [-0.39, 0.29) is 16.0 Å². The van der Waals surface area contributed by atoms with Crippen LogP contribution < -0.4 is 10.0 Å². The molecule has 21 heavy (non-hydrogen) atoms. The molecular formula is C11H11BrF2N4O2S. The van der Waals surface area contributed by atoms with Crippen LogP contribution in [0.4, 0.5) is 14.5 Å². The van der Waals surface area contributed by atoms with Crippen molar-refractivity contribution in [2.45, 2.75) is 11.6 Å². The van der Waals surface area contributed by atoms with E-state index in [1.165, 1.54) is 6.20 Å². The molecule has 6 nitrogen and oxygen atoms in total. The van der Waals surface area contributed by atoms with Crippen LogP contribution in [0.15, 0.2) is 27.8 Å². The Morgan fingerprint density at radius 2 is 2.05 bits per heavy atom. The molecule has 0 aliphatic carbocycles. The standard InChI is InChI=1S/C11H11BrF2N4O2S/c1-15-4-6-5-16-17-11(6)21(19,20)18-10-3-8(13)7(12)2-9(10)14/h2-3,5,15,18H,4H2,1H3,(H,16,17). The van der Waals surface area contributed by atoms with Crippen molar-refractivity contribution in [2.24, 2.45) is 0 Å². The minimum absolute atomic E-state index is 0.0969. The number of sulfonamides is 1. The third kappa shape index (κ3) is 3.39. The second kappa shape index (κ2) is 6.08. The summed E-state index contributed by atoms with van der Waals surface area (Å²) in [5.74, 6) is -1.68. The SMILES string of the molecule is CNCc1cn[nH]c1S(=O)(=O)Nc1cc(F)c(Br)cc1F. The summed E-state index contributed by atoms with van der Waals surface area (Å²) in [5, 5.41) is 8.55. The van der Waals surface area contributed by atoms with Crippen LogP contribution in [0.1, 0.15) is 5.56 Å². The number of anilines is 1. The van der Waals surface area contributed by atoms with Gasteiger partial charge in [-0.1, -0.05) is 0 Å². The number of nitrogens with zero attached hydrogens (tertiary/aromatic N) is 1. The van der Waals surface area contributed by atoms with Crippen LogP contribution in [-0.2, 0) is 16.6 Å². The number of halogens is 3. The first-order valence-corrected chi connectivity index (χ1v) is 7.97. The van der Waals surface area contributed by atoms with E-state index in [9.17, 15) is 17.2 Å². The molecule has 0 amide bonds. The van der Waals surface area contributed by atoms with Crippen LogP contribution in [0.25, 0.3) is 0 Å². The van der Waals surface area contributed by atoms with Crippen LogP contribution in [0, 0.1) is 11.6 Å². The van der Waals surface area contributed by atoms with Crippen LogP contribution in [0.3, 0.4) is 0 Å². The van der Waals surface area contributed by atoms with Gasteiger partial charge in [0.25, 0.3) is 10.0 Å². The van der Waals surface area contributed by atoms with E-state index < -0.39 is 27.3 Å². The molecule has 0 aliphatic rings. The van der Waals surface area contributed by atoms with Gasteiger partial charge >= 0.3 is 0 Å². The molecule has 10 heteroatoms. The molecule has 1 heterocycles. The van der Waals surface area contributed by atoms with Crippen molar-refractivity contribution in [1.82, 2.24) is 15.5 Å². The Bertz CT molecular complexity index is 764. The summed E-state index contributed by atoms with van der Waals surface area (Å²) in [4.78, 5) is 0. The van der Waals surface area contributed by atoms with Gasteiger partial charge in [0, 0.05) is 18.2 Å². The summed E-state index contributed by atoms with van der Waals surface area (Å²) in [5.41, 5.74) is -0.108. The van der Waals surface area contributed by atoms with Gasteiger partial charge in [-0.25, -0.2) is 8.78 Å². The Hall–Kier alpha value is -1.52. The number of hydrogen-bond donors (Lipinski definition) is 3. The molecule has 3 N–H and O–H groups in total. The van der Waals surface area contributed by atoms with E-state index in [1.807, 2.05) is 4.72 Å². The summed E-state index contributed by atoms with van der Waals surface area (Å²) >= 11 is 2.81. The summed E-state index contributed by atoms with van der Waals surface area (Å²) in [6, 6.07) is 1.60. The lowest BCUT2D eigenvalue weighted by molar-refractivity contribution is 0.588. The fourth-order valence-electron chi connectivity index (χ4n) is 1.64. The zero-order valence-corrected chi connectivity index (χ0v) is 13.1. The van der Waals surface area contributed by atoms with Gasteiger partial charge in [0.05, 0.1) is 16.4 Å². The topological polar surface area (TPSA) is 86.9 Å². The van der Waals surface area contributed by atoms with Gasteiger partial charge in [0.1, 0.15) is 11.6 Å². The average molecular weight is 381 g/mol. The Balaban J connectivity index is 2.38. The van der Waals surface area contributed by atoms with E-state index in [0.717, 1.165) is 12.1 Å². The van der Waals surface area contributed by atoms with Crippen LogP contribution in [0.2, 0.25) is 0 Å². The molecular weight excluding hydrogens is 370 g/mol. The molecule has 0 saturated carbocycles. The first-order valence-electron chi connectivity index (χ1n) is 5.69. The van der Waals surface area contributed by atoms with Crippen molar-refractivity contribution in [3.05, 3.63) is 40.0 Å². The highest BCUT2D eigenvalue weighted by Crippen LogP contribution is 2.25. The largest absolute Gasteiger partial charge is 0.316 e. The van der Waals surface area contributed by atoms with Crippen molar-refractivity contribution in [2.75, 3.05) is 11.8 Å². The van der Waals surface area contributed by atoms with Gasteiger partial charge in [-0.05, 0) is 29.0 Å². The highest BCUT2D eigenvalue weighted by Gasteiger charge is 2.22. The highest BCUT2D eigenvalue weighted by molar-refractivity contribution is 9.10. The van der Waals surface area contributed by atoms with E-state index in [4.69, 9.17) is 0 Å². The molecule has 0 unspecified atom stereocenters. The maximum Gasteiger partial charge on any atom is 0.279 e. The van der Waals surface area contributed by atoms with Crippen LogP contribution >= 0.6 is 15.9 Å². The minimum Gasteiger partial charge on any atom is -0.316 e. The summed E-state index contributed by atoms with van der Waals surface area (Å²) in [6.45, 7) is 0.254.